The summed E-state index contributed by atoms with van der Waals surface area (Å²) < 4.78 is 0. The minimum Gasteiger partial charge on any atom is -0.290 e. The summed E-state index contributed by atoms with van der Waals surface area (Å²) in [5.74, 6) is -0.422. The van der Waals surface area contributed by atoms with Crippen LogP contribution in [0.25, 0.3) is 0 Å². The maximum Gasteiger partial charge on any atom is 0.277 e. The smallest absolute Gasteiger partial charge is 0.277 e. The van der Waals surface area contributed by atoms with E-state index in [0.29, 0.717) is 27.4 Å². The van der Waals surface area contributed by atoms with Gasteiger partial charge in [-0.15, -0.1) is 0 Å². The summed E-state index contributed by atoms with van der Waals surface area (Å²) in [5, 5.41) is 0.569. The number of benzene rings is 1. The number of carbonyl (C=O) groups excluding carboxylic acids is 2. The van der Waals surface area contributed by atoms with Crippen molar-refractivity contribution in [2.24, 2.45) is 4.99 Å². The Kier molecular flexibility index (Phi) is 3.76. The molecule has 1 amide bonds. The molecule has 0 saturated carbocycles. The van der Waals surface area contributed by atoms with Crippen LogP contribution in [-0.2, 0) is 4.79 Å². The Hall–Kier alpha value is -2.00. The summed E-state index contributed by atoms with van der Waals surface area (Å²) in [7, 11) is 0. The van der Waals surface area contributed by atoms with E-state index in [4.69, 9.17) is 11.6 Å². The van der Waals surface area contributed by atoms with Gasteiger partial charge in [-0.25, -0.2) is 4.99 Å². The van der Waals surface area contributed by atoms with Gasteiger partial charge in [0.15, 0.2) is 5.78 Å². The van der Waals surface area contributed by atoms with Gasteiger partial charge in [0.25, 0.3) is 5.91 Å². The Morgan fingerprint density at radius 1 is 1.05 bits per heavy atom. The van der Waals surface area contributed by atoms with Gasteiger partial charge in [0.1, 0.15) is 0 Å². The number of carbonyl (C=O) groups is 2. The molecular formula is C15H12ClNO2. The second-order valence-electron chi connectivity index (χ2n) is 4.33. The highest BCUT2D eigenvalue weighted by atomic mass is 35.5. The van der Waals surface area contributed by atoms with E-state index in [9.17, 15) is 9.59 Å². The monoisotopic (exact) mass is 273 g/mol. The van der Waals surface area contributed by atoms with Crippen LogP contribution in [0.15, 0.2) is 52.6 Å². The van der Waals surface area contributed by atoms with Crippen molar-refractivity contribution in [1.29, 1.82) is 0 Å². The summed E-state index contributed by atoms with van der Waals surface area (Å²) in [6.07, 6.45) is 2.95. The van der Waals surface area contributed by atoms with Gasteiger partial charge in [0, 0.05) is 10.6 Å². The highest BCUT2D eigenvalue weighted by Crippen LogP contribution is 2.16. The first-order valence-electron chi connectivity index (χ1n) is 5.77. The van der Waals surface area contributed by atoms with Gasteiger partial charge in [-0.3, -0.25) is 9.59 Å². The average Bonchev–Trinajstić information content (AvgIpc) is 2.34. The van der Waals surface area contributed by atoms with Gasteiger partial charge in [0.2, 0.25) is 0 Å². The summed E-state index contributed by atoms with van der Waals surface area (Å²) in [5.41, 5.74) is 2.42. The number of amides is 1. The number of nitrogens with zero attached hydrogens (tertiary/aromatic N) is 1. The number of halogens is 1. The van der Waals surface area contributed by atoms with Crippen molar-refractivity contribution < 1.29 is 9.59 Å². The van der Waals surface area contributed by atoms with E-state index >= 15 is 0 Å². The third-order valence-electron chi connectivity index (χ3n) is 2.77. The van der Waals surface area contributed by atoms with Gasteiger partial charge >= 0.3 is 0 Å². The van der Waals surface area contributed by atoms with Crippen molar-refractivity contribution in [2.75, 3.05) is 0 Å². The molecule has 1 aromatic carbocycles. The molecule has 0 bridgehead atoms. The molecule has 0 saturated heterocycles. The molecule has 2 rings (SSSR count). The van der Waals surface area contributed by atoms with Crippen molar-refractivity contribution in [3.63, 3.8) is 0 Å². The lowest BCUT2D eigenvalue weighted by Gasteiger charge is -2.10. The van der Waals surface area contributed by atoms with Crippen LogP contribution >= 0.6 is 11.6 Å². The minimum atomic E-state index is -0.346. The average molecular weight is 274 g/mol. The van der Waals surface area contributed by atoms with Gasteiger partial charge in [-0.05, 0) is 61.4 Å². The zero-order chi connectivity index (χ0) is 14.0. The second-order valence-corrected chi connectivity index (χ2v) is 4.77. The number of rotatable bonds is 1. The molecule has 0 atom stereocenters. The largest absolute Gasteiger partial charge is 0.290 e. The first kappa shape index (κ1) is 13.4. The zero-order valence-corrected chi connectivity index (χ0v) is 11.4. The first-order chi connectivity index (χ1) is 8.97. The van der Waals surface area contributed by atoms with Crippen LogP contribution in [0.1, 0.15) is 24.2 Å². The van der Waals surface area contributed by atoms with E-state index in [1.807, 2.05) is 0 Å². The van der Waals surface area contributed by atoms with E-state index < -0.39 is 0 Å². The van der Waals surface area contributed by atoms with Crippen molar-refractivity contribution in [3.05, 3.63) is 58.1 Å². The summed E-state index contributed by atoms with van der Waals surface area (Å²) >= 11 is 5.77. The second kappa shape index (κ2) is 5.33. The number of ketones is 1. The number of hydrogen-bond acceptors (Lipinski definition) is 2. The molecule has 19 heavy (non-hydrogen) atoms. The van der Waals surface area contributed by atoms with Crippen LogP contribution in [0.4, 0.5) is 0 Å². The SMILES string of the molecule is CC1=CC(=O)C=C(C)C1=NC(=O)c1ccc(Cl)cc1. The van der Waals surface area contributed by atoms with Crippen molar-refractivity contribution in [3.8, 4) is 0 Å². The molecule has 0 spiro atoms. The number of hydrogen-bond donors (Lipinski definition) is 0. The fourth-order valence-electron chi connectivity index (χ4n) is 1.85. The van der Waals surface area contributed by atoms with E-state index in [-0.39, 0.29) is 11.7 Å². The van der Waals surface area contributed by atoms with Gasteiger partial charge < -0.3 is 0 Å². The Bertz CT molecular complexity index is 613. The lowest BCUT2D eigenvalue weighted by Crippen LogP contribution is -2.13. The highest BCUT2D eigenvalue weighted by molar-refractivity contribution is 6.30. The van der Waals surface area contributed by atoms with Crippen LogP contribution in [0.3, 0.4) is 0 Å². The molecule has 0 N–H and O–H groups in total. The summed E-state index contributed by atoms with van der Waals surface area (Å²) in [6.45, 7) is 3.53. The molecule has 0 heterocycles. The molecule has 0 aromatic heterocycles. The van der Waals surface area contributed by atoms with Gasteiger partial charge in [-0.2, -0.15) is 0 Å². The predicted octanol–water partition coefficient (Wildman–Crippen LogP) is 3.40. The predicted molar refractivity (Wildman–Crippen MR) is 75.7 cm³/mol. The molecule has 0 fully saturated rings. The van der Waals surface area contributed by atoms with Gasteiger partial charge in [-0.1, -0.05) is 11.6 Å². The molecule has 1 aliphatic carbocycles. The molecule has 0 unspecified atom stereocenters. The Balaban J connectivity index is 2.33. The zero-order valence-electron chi connectivity index (χ0n) is 10.6. The third kappa shape index (κ3) is 3.06. The quantitative estimate of drug-likeness (QED) is 0.736. The normalized spacial score (nSPS) is 14.9. The van der Waals surface area contributed by atoms with Crippen LogP contribution in [0, 0.1) is 0 Å². The Morgan fingerprint density at radius 2 is 1.58 bits per heavy atom. The molecular weight excluding hydrogens is 262 g/mol. The van der Waals surface area contributed by atoms with Crippen molar-refractivity contribution >= 4 is 29.0 Å². The lowest BCUT2D eigenvalue weighted by molar-refractivity contribution is -0.110. The van der Waals surface area contributed by atoms with Gasteiger partial charge in [0.05, 0.1) is 5.71 Å². The molecule has 4 heteroatoms. The topological polar surface area (TPSA) is 46.5 Å². The maximum atomic E-state index is 12.0. The van der Waals surface area contributed by atoms with E-state index in [1.54, 1.807) is 38.1 Å². The summed E-state index contributed by atoms with van der Waals surface area (Å²) in [6, 6.07) is 6.54. The summed E-state index contributed by atoms with van der Waals surface area (Å²) in [4.78, 5) is 27.4. The van der Waals surface area contributed by atoms with Crippen LogP contribution in [0.5, 0.6) is 0 Å². The minimum absolute atomic E-state index is 0.0760. The molecule has 3 nitrogen and oxygen atoms in total. The van der Waals surface area contributed by atoms with Crippen molar-refractivity contribution in [1.82, 2.24) is 0 Å². The molecule has 96 valence electrons. The Labute approximate surface area is 116 Å². The number of allylic oxidation sites excluding steroid dienone is 4. The van der Waals surface area contributed by atoms with Crippen LogP contribution in [0.2, 0.25) is 5.02 Å². The van der Waals surface area contributed by atoms with E-state index in [2.05, 4.69) is 4.99 Å². The fraction of sp³-hybridized carbons (Fsp3) is 0.133. The lowest BCUT2D eigenvalue weighted by atomic mass is 9.97. The van der Waals surface area contributed by atoms with E-state index in [0.717, 1.165) is 0 Å². The maximum absolute atomic E-state index is 12.0. The first-order valence-corrected chi connectivity index (χ1v) is 6.15. The van der Waals surface area contributed by atoms with Crippen LogP contribution < -0.4 is 0 Å². The van der Waals surface area contributed by atoms with Crippen LogP contribution in [-0.4, -0.2) is 17.4 Å². The molecule has 1 aliphatic rings. The molecule has 0 radical (unpaired) electrons. The fourth-order valence-corrected chi connectivity index (χ4v) is 1.98. The highest BCUT2D eigenvalue weighted by Gasteiger charge is 2.15. The van der Waals surface area contributed by atoms with Crippen molar-refractivity contribution in [2.45, 2.75) is 13.8 Å². The van der Waals surface area contributed by atoms with E-state index in [1.165, 1.54) is 12.2 Å². The standard InChI is InChI=1S/C15H12ClNO2/c1-9-7-13(18)8-10(2)14(9)17-15(19)11-3-5-12(16)6-4-11/h3-8H,1-2H3. The third-order valence-corrected chi connectivity index (χ3v) is 3.02. The number of aliphatic imine (C=N–C) groups is 1. The Morgan fingerprint density at radius 3 is 2.11 bits per heavy atom. The molecule has 1 aromatic rings. The molecule has 0 aliphatic heterocycles.